The van der Waals surface area contributed by atoms with Gasteiger partial charge in [0.2, 0.25) is 0 Å². The largest absolute Gasteiger partial charge is 0.491 e. The summed E-state index contributed by atoms with van der Waals surface area (Å²) in [4.78, 5) is 13.5. The number of rotatable bonds is 5. The molecule has 1 amide bonds. The predicted octanol–water partition coefficient (Wildman–Crippen LogP) is 3.66. The molecule has 0 aliphatic carbocycles. The lowest BCUT2D eigenvalue weighted by molar-refractivity contribution is -0.147. The summed E-state index contributed by atoms with van der Waals surface area (Å²) >= 11 is 0. The lowest BCUT2D eigenvalue weighted by Crippen LogP contribution is -2.47. The Bertz CT molecular complexity index is 537. The average molecular weight is 345 g/mol. The Kier molecular flexibility index (Phi) is 6.10. The van der Waals surface area contributed by atoms with Crippen molar-refractivity contribution in [2.24, 2.45) is 0 Å². The molecule has 0 unspecified atom stereocenters. The van der Waals surface area contributed by atoms with Crippen LogP contribution in [0.3, 0.4) is 0 Å². The smallest absolute Gasteiger partial charge is 0.406 e. The molecule has 1 aromatic carbocycles. The van der Waals surface area contributed by atoms with Gasteiger partial charge in [0.25, 0.3) is 5.91 Å². The topological polar surface area (TPSA) is 38.8 Å². The molecule has 0 saturated carbocycles. The van der Waals surface area contributed by atoms with Crippen molar-refractivity contribution in [2.45, 2.75) is 45.0 Å². The van der Waals surface area contributed by atoms with Crippen molar-refractivity contribution in [1.82, 2.24) is 4.90 Å². The molecule has 134 valence electrons. The second kappa shape index (κ2) is 7.88. The molecule has 0 radical (unpaired) electrons. The van der Waals surface area contributed by atoms with Gasteiger partial charge in [0.15, 0.2) is 0 Å². The summed E-state index contributed by atoms with van der Waals surface area (Å²) in [7, 11) is 0. The maximum absolute atomic E-state index is 12.9. The third kappa shape index (κ3) is 5.40. The minimum atomic E-state index is -4.44. The number of amides is 1. The molecule has 1 aromatic rings. The first-order chi connectivity index (χ1) is 11.3. The highest BCUT2D eigenvalue weighted by Crippen LogP contribution is 2.25. The van der Waals surface area contributed by atoms with Crippen LogP contribution in [0.2, 0.25) is 0 Å². The third-order valence-electron chi connectivity index (χ3n) is 3.72. The molecule has 1 aliphatic rings. The molecule has 1 aliphatic heterocycles. The van der Waals surface area contributed by atoms with E-state index in [1.165, 1.54) is 12.1 Å². The maximum Gasteiger partial charge on any atom is 0.406 e. The van der Waals surface area contributed by atoms with Crippen LogP contribution >= 0.6 is 0 Å². The van der Waals surface area contributed by atoms with Gasteiger partial charge in [-0.25, -0.2) is 0 Å². The van der Waals surface area contributed by atoms with Crippen LogP contribution in [0.5, 0.6) is 5.75 Å². The second-order valence-electron chi connectivity index (χ2n) is 6.08. The van der Waals surface area contributed by atoms with Gasteiger partial charge in [-0.15, -0.1) is 0 Å². The van der Waals surface area contributed by atoms with E-state index >= 15 is 0 Å². The summed E-state index contributed by atoms with van der Waals surface area (Å²) in [6, 6.07) is 5.75. The minimum Gasteiger partial charge on any atom is -0.491 e. The van der Waals surface area contributed by atoms with Crippen LogP contribution in [0.15, 0.2) is 24.3 Å². The molecule has 4 nitrogen and oxygen atoms in total. The van der Waals surface area contributed by atoms with E-state index in [4.69, 9.17) is 9.47 Å². The molecule has 7 heteroatoms. The van der Waals surface area contributed by atoms with E-state index in [1.54, 1.807) is 12.1 Å². The van der Waals surface area contributed by atoms with Crippen LogP contribution in [0.25, 0.3) is 0 Å². The molecule has 0 N–H and O–H groups in total. The van der Waals surface area contributed by atoms with Crippen LogP contribution < -0.4 is 4.74 Å². The zero-order chi connectivity index (χ0) is 17.7. The quantitative estimate of drug-likeness (QED) is 0.818. The fraction of sp³-hybridized carbons (Fsp3) is 0.588. The Morgan fingerprint density at radius 2 is 1.83 bits per heavy atom. The summed E-state index contributed by atoms with van der Waals surface area (Å²) in [5, 5.41) is 0. The summed E-state index contributed by atoms with van der Waals surface area (Å²) in [6.45, 7) is 3.23. The molecule has 0 spiro atoms. The summed E-state index contributed by atoms with van der Waals surface area (Å²) < 4.78 is 49.4. The van der Waals surface area contributed by atoms with E-state index in [0.717, 1.165) is 4.90 Å². The van der Waals surface area contributed by atoms with Gasteiger partial charge in [-0.2, -0.15) is 13.2 Å². The molecular formula is C17H22F3NO3. The normalized spacial score (nSPS) is 16.2. The van der Waals surface area contributed by atoms with Gasteiger partial charge in [0.1, 0.15) is 12.3 Å². The van der Waals surface area contributed by atoms with E-state index < -0.39 is 24.7 Å². The number of ether oxygens (including phenoxy) is 2. The fourth-order valence-corrected chi connectivity index (χ4v) is 2.67. The highest BCUT2D eigenvalue weighted by atomic mass is 19.4. The second-order valence-corrected chi connectivity index (χ2v) is 6.08. The van der Waals surface area contributed by atoms with Gasteiger partial charge >= 0.3 is 6.18 Å². The van der Waals surface area contributed by atoms with Crippen LogP contribution in [-0.2, 0) is 4.74 Å². The van der Waals surface area contributed by atoms with Crippen molar-refractivity contribution in [3.8, 4) is 5.75 Å². The zero-order valence-electron chi connectivity index (χ0n) is 13.8. The monoisotopic (exact) mass is 345 g/mol. The van der Waals surface area contributed by atoms with Gasteiger partial charge in [-0.05, 0) is 51.0 Å². The van der Waals surface area contributed by atoms with E-state index in [1.807, 2.05) is 13.8 Å². The van der Waals surface area contributed by atoms with E-state index in [0.29, 0.717) is 31.8 Å². The minimum absolute atomic E-state index is 0.0180. The first kappa shape index (κ1) is 18.6. The molecule has 0 aromatic heterocycles. The van der Waals surface area contributed by atoms with Crippen molar-refractivity contribution in [1.29, 1.82) is 0 Å². The highest BCUT2D eigenvalue weighted by molar-refractivity contribution is 5.94. The molecule has 1 fully saturated rings. The van der Waals surface area contributed by atoms with Crippen molar-refractivity contribution >= 4 is 5.91 Å². The zero-order valence-corrected chi connectivity index (χ0v) is 13.8. The molecule has 0 bridgehead atoms. The Labute approximate surface area is 139 Å². The van der Waals surface area contributed by atoms with Gasteiger partial charge in [-0.3, -0.25) is 4.79 Å². The molecule has 1 heterocycles. The van der Waals surface area contributed by atoms with Gasteiger partial charge in [-0.1, -0.05) is 0 Å². The Morgan fingerprint density at radius 3 is 2.33 bits per heavy atom. The van der Waals surface area contributed by atoms with Crippen LogP contribution in [0.4, 0.5) is 13.2 Å². The number of benzene rings is 1. The lowest BCUT2D eigenvalue weighted by Gasteiger charge is -2.34. The number of halogens is 3. The Hall–Kier alpha value is -1.76. The number of alkyl halides is 3. The number of nitrogens with zero attached hydrogens (tertiary/aromatic N) is 1. The maximum atomic E-state index is 12.9. The van der Waals surface area contributed by atoms with Gasteiger partial charge in [0.05, 0.1) is 6.10 Å². The third-order valence-corrected chi connectivity index (χ3v) is 3.72. The molecule has 24 heavy (non-hydrogen) atoms. The average Bonchev–Trinajstić information content (AvgIpc) is 2.52. The number of hydrogen-bond acceptors (Lipinski definition) is 3. The number of carbonyl (C=O) groups is 1. The van der Waals surface area contributed by atoms with Crippen LogP contribution in [0, 0.1) is 0 Å². The van der Waals surface area contributed by atoms with Crippen LogP contribution in [0.1, 0.15) is 37.0 Å². The highest BCUT2D eigenvalue weighted by Gasteiger charge is 2.37. The van der Waals surface area contributed by atoms with E-state index in [-0.39, 0.29) is 11.7 Å². The first-order valence-corrected chi connectivity index (χ1v) is 7.98. The number of carbonyl (C=O) groups excluding carboxylic acids is 1. The summed E-state index contributed by atoms with van der Waals surface area (Å²) in [6.07, 6.45) is -3.63. The predicted molar refractivity (Wildman–Crippen MR) is 83.1 cm³/mol. The summed E-state index contributed by atoms with van der Waals surface area (Å²) in [5.74, 6) is -0.0368. The molecule has 2 rings (SSSR count). The molecule has 0 atom stereocenters. The fourth-order valence-electron chi connectivity index (χ4n) is 2.67. The van der Waals surface area contributed by atoms with Crippen molar-refractivity contribution in [3.63, 3.8) is 0 Å². The van der Waals surface area contributed by atoms with Gasteiger partial charge in [0, 0.05) is 24.8 Å². The Morgan fingerprint density at radius 1 is 1.25 bits per heavy atom. The van der Waals surface area contributed by atoms with Crippen LogP contribution in [-0.4, -0.2) is 48.9 Å². The summed E-state index contributed by atoms with van der Waals surface area (Å²) in [5.41, 5.74) is 0.224. The standard InChI is InChI=1S/C17H22F3NO3/c1-12(2)24-15-5-3-13(4-6-15)16(22)21(11-17(18,19)20)14-7-9-23-10-8-14/h3-6,12,14H,7-11H2,1-2H3. The van der Waals surface area contributed by atoms with Crippen molar-refractivity contribution in [2.75, 3.05) is 19.8 Å². The lowest BCUT2D eigenvalue weighted by atomic mass is 10.1. The van der Waals surface area contributed by atoms with Gasteiger partial charge < -0.3 is 14.4 Å². The molecule has 1 saturated heterocycles. The van der Waals surface area contributed by atoms with E-state index in [2.05, 4.69) is 0 Å². The van der Waals surface area contributed by atoms with Crippen molar-refractivity contribution < 1.29 is 27.4 Å². The first-order valence-electron chi connectivity index (χ1n) is 7.98. The SMILES string of the molecule is CC(C)Oc1ccc(C(=O)N(CC(F)(F)F)C2CCOCC2)cc1. The van der Waals surface area contributed by atoms with Crippen molar-refractivity contribution in [3.05, 3.63) is 29.8 Å². The molecular weight excluding hydrogens is 323 g/mol. The number of hydrogen-bond donors (Lipinski definition) is 0. The Balaban J connectivity index is 2.16. The van der Waals surface area contributed by atoms with E-state index in [9.17, 15) is 18.0 Å².